The number of para-hydroxylation sites is 1. The van der Waals surface area contributed by atoms with Crippen LogP contribution < -0.4 is 4.74 Å². The van der Waals surface area contributed by atoms with Crippen molar-refractivity contribution >= 4 is 17.2 Å². The molecule has 5 heteroatoms. The van der Waals surface area contributed by atoms with Crippen molar-refractivity contribution in [1.82, 2.24) is 9.80 Å². The number of carbonyl (C=O) groups excluding carboxylic acids is 1. The number of aryl methyl sites for hydroxylation is 3. The molecule has 1 aliphatic heterocycles. The molecule has 0 atom stereocenters. The molecule has 1 aliphatic rings. The van der Waals surface area contributed by atoms with Gasteiger partial charge >= 0.3 is 0 Å². The first-order valence-corrected chi connectivity index (χ1v) is 11.7. The molecule has 4 nitrogen and oxygen atoms in total. The largest absolute Gasteiger partial charge is 0.488 e. The van der Waals surface area contributed by atoms with Crippen molar-refractivity contribution in [2.75, 3.05) is 26.2 Å². The minimum Gasteiger partial charge on any atom is -0.488 e. The number of benzene rings is 2. The molecule has 4 rings (SSSR count). The van der Waals surface area contributed by atoms with Gasteiger partial charge in [0.15, 0.2) is 0 Å². The zero-order valence-corrected chi connectivity index (χ0v) is 19.4. The van der Waals surface area contributed by atoms with E-state index in [0.29, 0.717) is 6.61 Å². The first kappa shape index (κ1) is 21.6. The number of amides is 1. The van der Waals surface area contributed by atoms with E-state index < -0.39 is 0 Å². The van der Waals surface area contributed by atoms with Crippen LogP contribution >= 0.6 is 11.3 Å². The molecule has 1 amide bonds. The lowest BCUT2D eigenvalue weighted by atomic mass is 10.1. The van der Waals surface area contributed by atoms with Crippen LogP contribution in [0.4, 0.5) is 0 Å². The smallest absolute Gasteiger partial charge is 0.264 e. The molecule has 3 aromatic rings. The van der Waals surface area contributed by atoms with Crippen LogP contribution in [0.25, 0.3) is 0 Å². The van der Waals surface area contributed by atoms with E-state index in [2.05, 4.69) is 62.1 Å². The first-order valence-electron chi connectivity index (χ1n) is 10.8. The standard InChI is InChI=1S/C26H30N2O2S/c1-19-7-4-5-10-23(19)16-27-11-13-28(14-12-27)26(29)24-15-22(18-31-24)17-30-25-20(2)8-6-9-21(25)3/h4-10,15,18H,11-14,16-17H2,1-3H3. The maximum atomic E-state index is 13.0. The molecule has 1 fully saturated rings. The summed E-state index contributed by atoms with van der Waals surface area (Å²) in [5, 5.41) is 2.04. The lowest BCUT2D eigenvalue weighted by Gasteiger charge is -2.34. The van der Waals surface area contributed by atoms with E-state index in [1.165, 1.54) is 22.5 Å². The molecule has 2 heterocycles. The van der Waals surface area contributed by atoms with Crippen LogP contribution in [-0.4, -0.2) is 41.9 Å². The third-order valence-corrected chi connectivity index (χ3v) is 6.94. The molecule has 0 saturated carbocycles. The quantitative estimate of drug-likeness (QED) is 0.534. The highest BCUT2D eigenvalue weighted by Gasteiger charge is 2.23. The Kier molecular flexibility index (Phi) is 6.73. The second-order valence-electron chi connectivity index (χ2n) is 8.32. The Morgan fingerprint density at radius 1 is 0.935 bits per heavy atom. The second kappa shape index (κ2) is 9.67. The summed E-state index contributed by atoms with van der Waals surface area (Å²) in [6, 6.07) is 16.7. The highest BCUT2D eigenvalue weighted by Crippen LogP contribution is 2.25. The van der Waals surface area contributed by atoms with E-state index in [1.54, 1.807) is 0 Å². The fraction of sp³-hybridized carbons (Fsp3) is 0.346. The molecule has 0 N–H and O–H groups in total. The van der Waals surface area contributed by atoms with Gasteiger partial charge in [0.2, 0.25) is 0 Å². The van der Waals surface area contributed by atoms with Crippen LogP contribution in [0.2, 0.25) is 0 Å². The summed E-state index contributed by atoms with van der Waals surface area (Å²) < 4.78 is 6.05. The van der Waals surface area contributed by atoms with Crippen molar-refractivity contribution in [2.24, 2.45) is 0 Å². The van der Waals surface area contributed by atoms with Gasteiger partial charge in [-0.15, -0.1) is 11.3 Å². The minimum atomic E-state index is 0.138. The first-order chi connectivity index (χ1) is 15.0. The molecule has 31 heavy (non-hydrogen) atoms. The summed E-state index contributed by atoms with van der Waals surface area (Å²) in [6.45, 7) is 11.1. The molecular weight excluding hydrogens is 404 g/mol. The normalized spacial score (nSPS) is 14.6. The van der Waals surface area contributed by atoms with Gasteiger partial charge in [-0.3, -0.25) is 9.69 Å². The van der Waals surface area contributed by atoms with Crippen LogP contribution in [-0.2, 0) is 13.2 Å². The van der Waals surface area contributed by atoms with Gasteiger partial charge in [0.25, 0.3) is 5.91 Å². The van der Waals surface area contributed by atoms with Crippen molar-refractivity contribution in [3.63, 3.8) is 0 Å². The number of thiophene rings is 1. The summed E-state index contributed by atoms with van der Waals surface area (Å²) >= 11 is 1.52. The van der Waals surface area contributed by atoms with Gasteiger partial charge in [-0.1, -0.05) is 42.5 Å². The SMILES string of the molecule is Cc1ccccc1CN1CCN(C(=O)c2cc(COc3c(C)cccc3C)cs2)CC1. The molecule has 0 radical (unpaired) electrons. The van der Waals surface area contributed by atoms with Gasteiger partial charge in [-0.2, -0.15) is 0 Å². The Hall–Kier alpha value is -2.63. The third-order valence-electron chi connectivity index (χ3n) is 5.97. The minimum absolute atomic E-state index is 0.138. The molecule has 1 aromatic heterocycles. The van der Waals surface area contributed by atoms with Crippen molar-refractivity contribution in [3.8, 4) is 5.75 Å². The van der Waals surface area contributed by atoms with E-state index in [1.807, 2.05) is 22.4 Å². The van der Waals surface area contributed by atoms with E-state index in [-0.39, 0.29) is 5.91 Å². The summed E-state index contributed by atoms with van der Waals surface area (Å²) in [5.74, 6) is 1.07. The van der Waals surface area contributed by atoms with E-state index in [0.717, 1.165) is 60.0 Å². The third kappa shape index (κ3) is 5.17. The number of nitrogens with zero attached hydrogens (tertiary/aromatic N) is 2. The number of carbonyl (C=O) groups is 1. The second-order valence-corrected chi connectivity index (χ2v) is 9.23. The molecule has 2 aromatic carbocycles. The fourth-order valence-corrected chi connectivity index (χ4v) is 4.90. The number of ether oxygens (including phenoxy) is 1. The maximum absolute atomic E-state index is 13.0. The number of hydrogen-bond donors (Lipinski definition) is 0. The Morgan fingerprint density at radius 3 is 2.32 bits per heavy atom. The van der Waals surface area contributed by atoms with Crippen molar-refractivity contribution in [2.45, 2.75) is 33.9 Å². The summed E-state index contributed by atoms with van der Waals surface area (Å²) in [5.41, 5.74) is 6.02. The van der Waals surface area contributed by atoms with Gasteiger partial charge in [-0.05, 0) is 54.5 Å². The van der Waals surface area contributed by atoms with E-state index in [9.17, 15) is 4.79 Å². The maximum Gasteiger partial charge on any atom is 0.264 e. The Bertz CT molecular complexity index is 1030. The molecule has 0 unspecified atom stereocenters. The summed E-state index contributed by atoms with van der Waals surface area (Å²) in [6.07, 6.45) is 0. The highest BCUT2D eigenvalue weighted by atomic mass is 32.1. The molecule has 0 spiro atoms. The van der Waals surface area contributed by atoms with Crippen LogP contribution in [0.15, 0.2) is 53.9 Å². The van der Waals surface area contributed by atoms with Gasteiger partial charge in [0.05, 0.1) is 4.88 Å². The van der Waals surface area contributed by atoms with Crippen LogP contribution in [0.5, 0.6) is 5.75 Å². The van der Waals surface area contributed by atoms with Crippen molar-refractivity contribution in [1.29, 1.82) is 0 Å². The van der Waals surface area contributed by atoms with Gasteiger partial charge in [0, 0.05) is 38.3 Å². The number of piperazine rings is 1. The van der Waals surface area contributed by atoms with E-state index >= 15 is 0 Å². The van der Waals surface area contributed by atoms with Gasteiger partial charge in [-0.25, -0.2) is 0 Å². The van der Waals surface area contributed by atoms with Crippen LogP contribution in [0.3, 0.4) is 0 Å². The van der Waals surface area contributed by atoms with E-state index in [4.69, 9.17) is 4.74 Å². The zero-order valence-electron chi connectivity index (χ0n) is 18.6. The molecule has 0 aliphatic carbocycles. The van der Waals surface area contributed by atoms with Crippen LogP contribution in [0.1, 0.15) is 37.5 Å². The van der Waals surface area contributed by atoms with Crippen molar-refractivity contribution in [3.05, 3.63) is 86.6 Å². The molecule has 162 valence electrons. The predicted molar refractivity (Wildman–Crippen MR) is 127 cm³/mol. The highest BCUT2D eigenvalue weighted by molar-refractivity contribution is 7.12. The predicted octanol–water partition coefficient (Wildman–Crippen LogP) is 5.21. The van der Waals surface area contributed by atoms with Crippen molar-refractivity contribution < 1.29 is 9.53 Å². The Labute approximate surface area is 189 Å². The summed E-state index contributed by atoms with van der Waals surface area (Å²) in [4.78, 5) is 18.2. The van der Waals surface area contributed by atoms with Gasteiger partial charge < -0.3 is 9.64 Å². The summed E-state index contributed by atoms with van der Waals surface area (Å²) in [7, 11) is 0. The lowest BCUT2D eigenvalue weighted by Crippen LogP contribution is -2.48. The topological polar surface area (TPSA) is 32.8 Å². The Morgan fingerprint density at radius 2 is 1.61 bits per heavy atom. The van der Waals surface area contributed by atoms with Gasteiger partial charge in [0.1, 0.15) is 12.4 Å². The number of rotatable bonds is 6. The zero-order chi connectivity index (χ0) is 21.8. The molecule has 1 saturated heterocycles. The Balaban J connectivity index is 1.30. The molecule has 0 bridgehead atoms. The average molecular weight is 435 g/mol. The fourth-order valence-electron chi connectivity index (χ4n) is 4.04. The lowest BCUT2D eigenvalue weighted by molar-refractivity contribution is 0.0633. The number of hydrogen-bond acceptors (Lipinski definition) is 4. The monoisotopic (exact) mass is 434 g/mol. The average Bonchev–Trinajstić information content (AvgIpc) is 3.24. The molecular formula is C26H30N2O2S. The van der Waals surface area contributed by atoms with Crippen LogP contribution in [0, 0.1) is 20.8 Å².